The first-order chi connectivity index (χ1) is 9.79. The minimum absolute atomic E-state index is 0.786. The molecule has 1 aliphatic rings. The molecule has 4 nitrogen and oxygen atoms in total. The molecular formula is C16H22N4. The Bertz CT molecular complexity index is 555. The van der Waals surface area contributed by atoms with Crippen molar-refractivity contribution in [2.45, 2.75) is 32.9 Å². The van der Waals surface area contributed by atoms with Gasteiger partial charge >= 0.3 is 0 Å². The maximum Gasteiger partial charge on any atom is 0.103 e. The molecule has 2 aromatic rings. The SMILES string of the molecule is Cc1ncc(CNc2cccc(CN3CCCC3)c2)[nH]1. The molecule has 2 heterocycles. The van der Waals surface area contributed by atoms with Gasteiger partial charge < -0.3 is 10.3 Å². The van der Waals surface area contributed by atoms with Gasteiger partial charge in [-0.3, -0.25) is 4.90 Å². The smallest absolute Gasteiger partial charge is 0.103 e. The van der Waals surface area contributed by atoms with E-state index in [1.807, 2.05) is 13.1 Å². The highest BCUT2D eigenvalue weighted by molar-refractivity contribution is 5.45. The number of hydrogen-bond donors (Lipinski definition) is 2. The number of likely N-dealkylation sites (tertiary alicyclic amines) is 1. The number of imidazole rings is 1. The number of nitrogens with zero attached hydrogens (tertiary/aromatic N) is 2. The van der Waals surface area contributed by atoms with Crippen LogP contribution >= 0.6 is 0 Å². The highest BCUT2D eigenvalue weighted by Crippen LogP contribution is 2.16. The lowest BCUT2D eigenvalue weighted by Crippen LogP contribution is -2.18. The highest BCUT2D eigenvalue weighted by atomic mass is 15.1. The molecule has 1 aromatic carbocycles. The van der Waals surface area contributed by atoms with Crippen molar-refractivity contribution in [1.82, 2.24) is 14.9 Å². The van der Waals surface area contributed by atoms with Crippen molar-refractivity contribution in [2.75, 3.05) is 18.4 Å². The van der Waals surface area contributed by atoms with Crippen LogP contribution in [0.25, 0.3) is 0 Å². The second-order valence-electron chi connectivity index (χ2n) is 5.53. The molecule has 0 saturated carbocycles. The Morgan fingerprint density at radius 1 is 1.30 bits per heavy atom. The maximum absolute atomic E-state index is 4.21. The average molecular weight is 270 g/mol. The van der Waals surface area contributed by atoms with Gasteiger partial charge in [0, 0.05) is 12.2 Å². The summed E-state index contributed by atoms with van der Waals surface area (Å²) in [6.45, 7) is 6.31. The number of H-pyrrole nitrogens is 1. The van der Waals surface area contributed by atoms with Gasteiger partial charge in [-0.2, -0.15) is 0 Å². The van der Waals surface area contributed by atoms with Gasteiger partial charge in [0.2, 0.25) is 0 Å². The highest BCUT2D eigenvalue weighted by Gasteiger charge is 2.11. The van der Waals surface area contributed by atoms with E-state index in [2.05, 4.69) is 44.5 Å². The second kappa shape index (κ2) is 6.09. The topological polar surface area (TPSA) is 44.0 Å². The molecule has 0 aliphatic carbocycles. The van der Waals surface area contributed by atoms with Crippen LogP contribution in [0.2, 0.25) is 0 Å². The molecule has 0 spiro atoms. The maximum atomic E-state index is 4.21. The fourth-order valence-electron chi connectivity index (χ4n) is 2.74. The molecule has 1 fully saturated rings. The van der Waals surface area contributed by atoms with E-state index in [0.717, 1.165) is 24.6 Å². The number of hydrogen-bond acceptors (Lipinski definition) is 3. The van der Waals surface area contributed by atoms with E-state index in [9.17, 15) is 0 Å². The number of anilines is 1. The molecule has 2 N–H and O–H groups in total. The zero-order valence-corrected chi connectivity index (χ0v) is 12.0. The third-order valence-electron chi connectivity index (χ3n) is 3.77. The van der Waals surface area contributed by atoms with Crippen molar-refractivity contribution in [2.24, 2.45) is 0 Å². The predicted molar refractivity (Wildman–Crippen MR) is 81.6 cm³/mol. The lowest BCUT2D eigenvalue weighted by atomic mass is 10.2. The van der Waals surface area contributed by atoms with Crippen molar-refractivity contribution in [3.63, 3.8) is 0 Å². The molecule has 1 saturated heterocycles. The van der Waals surface area contributed by atoms with Crippen LogP contribution in [0, 0.1) is 6.92 Å². The Hall–Kier alpha value is -1.81. The van der Waals surface area contributed by atoms with Gasteiger partial charge in [-0.25, -0.2) is 4.98 Å². The van der Waals surface area contributed by atoms with Crippen LogP contribution in [0.15, 0.2) is 30.5 Å². The van der Waals surface area contributed by atoms with Crippen molar-refractivity contribution >= 4 is 5.69 Å². The first-order valence-electron chi connectivity index (χ1n) is 7.35. The van der Waals surface area contributed by atoms with Crippen LogP contribution in [0.4, 0.5) is 5.69 Å². The fourth-order valence-corrected chi connectivity index (χ4v) is 2.74. The Kier molecular flexibility index (Phi) is 4.02. The van der Waals surface area contributed by atoms with E-state index in [0.29, 0.717) is 0 Å². The molecule has 20 heavy (non-hydrogen) atoms. The van der Waals surface area contributed by atoms with E-state index in [-0.39, 0.29) is 0 Å². The van der Waals surface area contributed by atoms with Gasteiger partial charge in [-0.05, 0) is 50.6 Å². The minimum atomic E-state index is 0.786. The Morgan fingerprint density at radius 2 is 2.15 bits per heavy atom. The first-order valence-corrected chi connectivity index (χ1v) is 7.35. The van der Waals surface area contributed by atoms with Crippen molar-refractivity contribution < 1.29 is 0 Å². The lowest BCUT2D eigenvalue weighted by molar-refractivity contribution is 0.331. The summed E-state index contributed by atoms with van der Waals surface area (Å²) < 4.78 is 0. The zero-order chi connectivity index (χ0) is 13.8. The predicted octanol–water partition coefficient (Wildman–Crippen LogP) is 2.93. The Labute approximate surface area is 120 Å². The third kappa shape index (κ3) is 3.39. The zero-order valence-electron chi connectivity index (χ0n) is 12.0. The number of rotatable bonds is 5. The summed E-state index contributed by atoms with van der Waals surface area (Å²) >= 11 is 0. The van der Waals surface area contributed by atoms with Gasteiger partial charge in [0.15, 0.2) is 0 Å². The summed E-state index contributed by atoms with van der Waals surface area (Å²) in [5.74, 6) is 0.963. The van der Waals surface area contributed by atoms with Gasteiger partial charge in [-0.15, -0.1) is 0 Å². The summed E-state index contributed by atoms with van der Waals surface area (Å²) in [4.78, 5) is 9.98. The first kappa shape index (κ1) is 13.2. The quantitative estimate of drug-likeness (QED) is 0.878. The van der Waals surface area contributed by atoms with E-state index in [1.165, 1.54) is 37.2 Å². The largest absolute Gasteiger partial charge is 0.379 e. The normalized spacial score (nSPS) is 15.7. The summed E-state index contributed by atoms with van der Waals surface area (Å²) in [6, 6.07) is 8.72. The minimum Gasteiger partial charge on any atom is -0.379 e. The van der Waals surface area contributed by atoms with Crippen LogP contribution < -0.4 is 5.32 Å². The summed E-state index contributed by atoms with van der Waals surface area (Å²) in [6.07, 6.45) is 4.57. The van der Waals surface area contributed by atoms with Crippen molar-refractivity contribution in [3.8, 4) is 0 Å². The number of aromatic nitrogens is 2. The number of aromatic amines is 1. The summed E-state index contributed by atoms with van der Waals surface area (Å²) in [5, 5.41) is 3.45. The van der Waals surface area contributed by atoms with Crippen LogP contribution in [0.1, 0.15) is 29.9 Å². The molecule has 0 radical (unpaired) electrons. The van der Waals surface area contributed by atoms with Crippen LogP contribution in [0.3, 0.4) is 0 Å². The molecular weight excluding hydrogens is 248 g/mol. The summed E-state index contributed by atoms with van der Waals surface area (Å²) in [7, 11) is 0. The van der Waals surface area contributed by atoms with Gasteiger partial charge in [0.25, 0.3) is 0 Å². The molecule has 106 valence electrons. The lowest BCUT2D eigenvalue weighted by Gasteiger charge is -2.15. The average Bonchev–Trinajstić information content (AvgIpc) is 3.09. The molecule has 0 atom stereocenters. The van der Waals surface area contributed by atoms with E-state index >= 15 is 0 Å². The molecule has 1 aliphatic heterocycles. The molecule has 0 bridgehead atoms. The summed E-state index contributed by atoms with van der Waals surface area (Å²) in [5.41, 5.74) is 3.68. The van der Waals surface area contributed by atoms with E-state index in [1.54, 1.807) is 0 Å². The molecule has 0 unspecified atom stereocenters. The van der Waals surface area contributed by atoms with Crippen LogP contribution in [-0.2, 0) is 13.1 Å². The molecule has 4 heteroatoms. The number of nitrogens with one attached hydrogen (secondary N) is 2. The van der Waals surface area contributed by atoms with Gasteiger partial charge in [-0.1, -0.05) is 12.1 Å². The van der Waals surface area contributed by atoms with Gasteiger partial charge in [0.1, 0.15) is 5.82 Å². The number of aryl methyl sites for hydroxylation is 1. The van der Waals surface area contributed by atoms with Crippen molar-refractivity contribution in [1.29, 1.82) is 0 Å². The molecule has 1 aromatic heterocycles. The standard InChI is InChI=1S/C16H22N4/c1-13-17-10-16(19-13)11-18-15-6-4-5-14(9-15)12-20-7-2-3-8-20/h4-6,9-10,18H,2-3,7-8,11-12H2,1H3,(H,17,19). The third-order valence-corrected chi connectivity index (χ3v) is 3.77. The fraction of sp³-hybridized carbons (Fsp3) is 0.438. The molecule has 3 rings (SSSR count). The van der Waals surface area contributed by atoms with E-state index in [4.69, 9.17) is 0 Å². The Morgan fingerprint density at radius 3 is 2.90 bits per heavy atom. The monoisotopic (exact) mass is 270 g/mol. The van der Waals surface area contributed by atoms with Crippen LogP contribution in [-0.4, -0.2) is 28.0 Å². The second-order valence-corrected chi connectivity index (χ2v) is 5.53. The molecule has 0 amide bonds. The Balaban J connectivity index is 1.58. The number of benzene rings is 1. The van der Waals surface area contributed by atoms with Crippen LogP contribution in [0.5, 0.6) is 0 Å². The van der Waals surface area contributed by atoms with Gasteiger partial charge in [0.05, 0.1) is 18.4 Å². The van der Waals surface area contributed by atoms with Crippen molar-refractivity contribution in [3.05, 3.63) is 47.5 Å². The van der Waals surface area contributed by atoms with E-state index < -0.39 is 0 Å².